The van der Waals surface area contributed by atoms with Gasteiger partial charge in [0, 0.05) is 11.6 Å². The number of nitrogens with zero attached hydrogens (tertiary/aromatic N) is 1. The van der Waals surface area contributed by atoms with Crippen molar-refractivity contribution in [2.45, 2.75) is 6.18 Å². The van der Waals surface area contributed by atoms with Crippen molar-refractivity contribution >= 4 is 12.0 Å². The number of non-ortho nitro benzene ring substituents is 1. The van der Waals surface area contributed by atoms with E-state index in [4.69, 9.17) is 9.15 Å². The number of furan rings is 1. The molecule has 0 amide bonds. The fourth-order valence-electron chi connectivity index (χ4n) is 2.33. The van der Waals surface area contributed by atoms with Gasteiger partial charge >= 0.3 is 6.18 Å². The van der Waals surface area contributed by atoms with Crippen molar-refractivity contribution in [1.29, 1.82) is 0 Å². The number of hydrogen-bond acceptors (Lipinski definition) is 5. The van der Waals surface area contributed by atoms with Gasteiger partial charge in [0.05, 0.1) is 16.6 Å². The summed E-state index contributed by atoms with van der Waals surface area (Å²) in [5, 5.41) is 11.2. The summed E-state index contributed by atoms with van der Waals surface area (Å²) < 4.78 is 49.0. The maximum atomic E-state index is 12.8. The molecule has 0 aliphatic carbocycles. The van der Waals surface area contributed by atoms with Crippen molar-refractivity contribution in [2.24, 2.45) is 0 Å². The van der Waals surface area contributed by atoms with Gasteiger partial charge in [-0.2, -0.15) is 13.2 Å². The van der Waals surface area contributed by atoms with Crippen LogP contribution in [0.25, 0.3) is 11.3 Å². The fraction of sp³-hybridized carbons (Fsp3) is 0.0556. The minimum Gasteiger partial charge on any atom is -0.457 e. The first kappa shape index (κ1) is 18.2. The molecule has 0 atom stereocenters. The maximum absolute atomic E-state index is 12.8. The minimum absolute atomic E-state index is 0.0249. The molecule has 3 aromatic rings. The predicted octanol–water partition coefficient (Wildman–Crippen LogP) is 5.48. The Hall–Kier alpha value is -3.62. The van der Waals surface area contributed by atoms with Gasteiger partial charge in [-0.05, 0) is 36.4 Å². The van der Waals surface area contributed by atoms with Crippen LogP contribution in [0.15, 0.2) is 59.0 Å². The normalized spacial score (nSPS) is 11.2. The molecule has 0 bridgehead atoms. The molecule has 138 valence electrons. The van der Waals surface area contributed by atoms with Gasteiger partial charge in [0.2, 0.25) is 0 Å². The average molecular weight is 377 g/mol. The molecule has 0 N–H and O–H groups in total. The molecule has 0 aliphatic heterocycles. The third kappa shape index (κ3) is 4.14. The van der Waals surface area contributed by atoms with E-state index in [0.717, 1.165) is 18.2 Å². The van der Waals surface area contributed by atoms with Crippen molar-refractivity contribution in [2.75, 3.05) is 0 Å². The number of halogens is 3. The zero-order valence-corrected chi connectivity index (χ0v) is 13.4. The summed E-state index contributed by atoms with van der Waals surface area (Å²) in [5.41, 5.74) is -1.02. The Morgan fingerprint density at radius 3 is 2.44 bits per heavy atom. The summed E-state index contributed by atoms with van der Waals surface area (Å²) in [5.74, 6) is 0.0124. The molecule has 0 saturated carbocycles. The topological polar surface area (TPSA) is 82.6 Å². The number of carbonyl (C=O) groups is 1. The summed E-state index contributed by atoms with van der Waals surface area (Å²) in [6.45, 7) is 0. The Kier molecular flexibility index (Phi) is 4.68. The molecule has 3 rings (SSSR count). The van der Waals surface area contributed by atoms with E-state index in [-0.39, 0.29) is 34.3 Å². The lowest BCUT2D eigenvalue weighted by Crippen LogP contribution is -2.04. The summed E-state index contributed by atoms with van der Waals surface area (Å²) in [6, 6.07) is 10.6. The minimum atomic E-state index is -4.55. The second-order valence-corrected chi connectivity index (χ2v) is 5.42. The first-order valence-electron chi connectivity index (χ1n) is 7.46. The molecule has 0 aliphatic rings. The summed E-state index contributed by atoms with van der Waals surface area (Å²) in [4.78, 5) is 21.2. The third-order valence-corrected chi connectivity index (χ3v) is 3.53. The van der Waals surface area contributed by atoms with Crippen molar-refractivity contribution < 1.29 is 32.0 Å². The number of benzene rings is 2. The second-order valence-electron chi connectivity index (χ2n) is 5.42. The number of nitro groups is 1. The second kappa shape index (κ2) is 6.94. The molecule has 6 nitrogen and oxygen atoms in total. The molecule has 1 aromatic heterocycles. The standard InChI is InChI=1S/C18H10F3NO5/c19-18(20,21)12-2-1-3-14(8-12)26-16-7-11(6-13(9-16)22(24)25)17-5-4-15(10-23)27-17/h1-10H. The largest absolute Gasteiger partial charge is 0.457 e. The number of nitro benzene ring substituents is 1. The van der Waals surface area contributed by atoms with Gasteiger partial charge in [-0.15, -0.1) is 0 Å². The fourth-order valence-corrected chi connectivity index (χ4v) is 2.33. The number of hydrogen-bond donors (Lipinski definition) is 0. The zero-order valence-electron chi connectivity index (χ0n) is 13.4. The van der Waals surface area contributed by atoms with Crippen LogP contribution in [0.4, 0.5) is 18.9 Å². The van der Waals surface area contributed by atoms with E-state index < -0.39 is 16.7 Å². The molecule has 27 heavy (non-hydrogen) atoms. The third-order valence-electron chi connectivity index (χ3n) is 3.53. The highest BCUT2D eigenvalue weighted by Crippen LogP contribution is 2.35. The van der Waals surface area contributed by atoms with Crippen LogP contribution in [-0.4, -0.2) is 11.2 Å². The molecular weight excluding hydrogens is 367 g/mol. The molecule has 1 heterocycles. The first-order chi connectivity index (χ1) is 12.8. The number of alkyl halides is 3. The lowest BCUT2D eigenvalue weighted by Gasteiger charge is -2.10. The number of carbonyl (C=O) groups excluding carboxylic acids is 1. The Morgan fingerprint density at radius 1 is 1.04 bits per heavy atom. The molecule has 0 saturated heterocycles. The molecule has 0 unspecified atom stereocenters. The highest BCUT2D eigenvalue weighted by molar-refractivity contribution is 5.73. The highest BCUT2D eigenvalue weighted by atomic mass is 19.4. The summed E-state index contributed by atoms with van der Waals surface area (Å²) in [6.07, 6.45) is -4.08. The van der Waals surface area contributed by atoms with Crippen molar-refractivity contribution in [3.05, 3.63) is 76.0 Å². The maximum Gasteiger partial charge on any atom is 0.416 e. The number of rotatable bonds is 5. The van der Waals surface area contributed by atoms with E-state index in [1.165, 1.54) is 36.4 Å². The van der Waals surface area contributed by atoms with E-state index in [9.17, 15) is 28.1 Å². The Balaban J connectivity index is 2.00. The van der Waals surface area contributed by atoms with Crippen LogP contribution >= 0.6 is 0 Å². The van der Waals surface area contributed by atoms with Crippen molar-refractivity contribution in [1.82, 2.24) is 0 Å². The summed E-state index contributed by atoms with van der Waals surface area (Å²) >= 11 is 0. The van der Waals surface area contributed by atoms with Gasteiger partial charge in [-0.1, -0.05) is 6.07 Å². The van der Waals surface area contributed by atoms with Crippen LogP contribution in [0, 0.1) is 10.1 Å². The number of aldehydes is 1. The Labute approximate surface area is 149 Å². The van der Waals surface area contributed by atoms with Gasteiger partial charge in [0.15, 0.2) is 12.0 Å². The Bertz CT molecular complexity index is 1010. The van der Waals surface area contributed by atoms with E-state index in [2.05, 4.69) is 0 Å². The van der Waals surface area contributed by atoms with Gasteiger partial charge in [0.1, 0.15) is 17.3 Å². The van der Waals surface area contributed by atoms with Gasteiger partial charge in [-0.25, -0.2) is 0 Å². The smallest absolute Gasteiger partial charge is 0.416 e. The first-order valence-corrected chi connectivity index (χ1v) is 7.46. The molecule has 0 radical (unpaired) electrons. The van der Waals surface area contributed by atoms with Crippen LogP contribution in [0.5, 0.6) is 11.5 Å². The van der Waals surface area contributed by atoms with Crippen molar-refractivity contribution in [3.8, 4) is 22.8 Å². The average Bonchev–Trinajstić information content (AvgIpc) is 3.10. The van der Waals surface area contributed by atoms with Gasteiger partial charge in [0.25, 0.3) is 5.69 Å². The quantitative estimate of drug-likeness (QED) is 0.334. The van der Waals surface area contributed by atoms with Crippen molar-refractivity contribution in [3.63, 3.8) is 0 Å². The SMILES string of the molecule is O=Cc1ccc(-c2cc(Oc3cccc(C(F)(F)F)c3)cc([N+](=O)[O-])c2)o1. The Morgan fingerprint density at radius 2 is 1.81 bits per heavy atom. The van der Waals surface area contributed by atoms with Crippen LogP contribution < -0.4 is 4.74 Å². The molecule has 2 aromatic carbocycles. The van der Waals surface area contributed by atoms with Gasteiger partial charge in [-0.3, -0.25) is 14.9 Å². The van der Waals surface area contributed by atoms with Gasteiger partial charge < -0.3 is 9.15 Å². The van der Waals surface area contributed by atoms with E-state index in [0.29, 0.717) is 6.29 Å². The zero-order chi connectivity index (χ0) is 19.6. The van der Waals surface area contributed by atoms with Crippen LogP contribution in [0.2, 0.25) is 0 Å². The summed E-state index contributed by atoms with van der Waals surface area (Å²) in [7, 11) is 0. The molecular formula is C18H10F3NO5. The lowest BCUT2D eigenvalue weighted by molar-refractivity contribution is -0.384. The molecule has 0 fully saturated rings. The van der Waals surface area contributed by atoms with E-state index in [1.807, 2.05) is 0 Å². The highest BCUT2D eigenvalue weighted by Gasteiger charge is 2.30. The predicted molar refractivity (Wildman–Crippen MR) is 87.7 cm³/mol. The number of ether oxygens (including phenoxy) is 1. The lowest BCUT2D eigenvalue weighted by atomic mass is 10.1. The molecule has 9 heteroatoms. The van der Waals surface area contributed by atoms with Crippen LogP contribution in [0.1, 0.15) is 16.1 Å². The van der Waals surface area contributed by atoms with E-state index >= 15 is 0 Å². The van der Waals surface area contributed by atoms with E-state index in [1.54, 1.807) is 0 Å². The molecule has 0 spiro atoms. The monoisotopic (exact) mass is 377 g/mol. The van der Waals surface area contributed by atoms with Crippen LogP contribution in [0.3, 0.4) is 0 Å². The van der Waals surface area contributed by atoms with Crippen LogP contribution in [-0.2, 0) is 6.18 Å².